The average molecular weight is 264 g/mol. The number of alkyl halides is 5. The first-order chi connectivity index (χ1) is 7.21. The minimum absolute atomic E-state index is 0.125. The van der Waals surface area contributed by atoms with E-state index >= 15 is 0 Å². The molecule has 0 aliphatic heterocycles. The van der Waals surface area contributed by atoms with Gasteiger partial charge in [-0.05, 0) is 6.42 Å². The second-order valence-corrected chi connectivity index (χ2v) is 3.38. The van der Waals surface area contributed by atoms with Crippen molar-refractivity contribution in [2.24, 2.45) is 0 Å². The molecule has 3 nitrogen and oxygen atoms in total. The van der Waals surface area contributed by atoms with Crippen molar-refractivity contribution < 1.29 is 22.0 Å². The third-order valence-corrected chi connectivity index (χ3v) is 2.14. The molecule has 1 aromatic heterocycles. The molecule has 0 aromatic carbocycles. The second-order valence-electron chi connectivity index (χ2n) is 3.02. The Labute approximate surface area is 92.2 Å². The summed E-state index contributed by atoms with van der Waals surface area (Å²) in [5.74, 6) is -5.09. The van der Waals surface area contributed by atoms with Crippen LogP contribution in [-0.4, -0.2) is 21.2 Å². The van der Waals surface area contributed by atoms with Crippen LogP contribution in [0.4, 0.5) is 22.0 Å². The summed E-state index contributed by atoms with van der Waals surface area (Å²) in [5, 5.41) is 5.14. The van der Waals surface area contributed by atoms with Crippen molar-refractivity contribution in [2.75, 3.05) is 0 Å². The third-order valence-electron chi connectivity index (χ3n) is 1.76. The average Bonchev–Trinajstić information content (AvgIpc) is 2.47. The highest BCUT2D eigenvalue weighted by molar-refractivity contribution is 6.30. The number of aromatic nitrogens is 3. The molecule has 92 valence electrons. The highest BCUT2D eigenvalue weighted by Crippen LogP contribution is 2.45. The SMILES string of the molecule is CCCn1nnc(C(F)(F)C(F)(F)F)c1Cl. The van der Waals surface area contributed by atoms with Crippen LogP contribution in [0.15, 0.2) is 0 Å². The Bertz CT molecular complexity index is 373. The first kappa shape index (κ1) is 13.1. The quantitative estimate of drug-likeness (QED) is 0.785. The first-order valence-electron chi connectivity index (χ1n) is 4.25. The molecular formula is C7H7ClF5N3. The normalized spacial score (nSPS) is 13.2. The van der Waals surface area contributed by atoms with Crippen LogP contribution in [0, 0.1) is 0 Å². The molecule has 0 radical (unpaired) electrons. The van der Waals surface area contributed by atoms with Crippen molar-refractivity contribution in [1.29, 1.82) is 0 Å². The van der Waals surface area contributed by atoms with Gasteiger partial charge in [-0.2, -0.15) is 22.0 Å². The smallest absolute Gasteiger partial charge is 0.233 e. The molecule has 0 fully saturated rings. The highest BCUT2D eigenvalue weighted by atomic mass is 35.5. The lowest BCUT2D eigenvalue weighted by molar-refractivity contribution is -0.290. The van der Waals surface area contributed by atoms with Crippen LogP contribution in [0.3, 0.4) is 0 Å². The van der Waals surface area contributed by atoms with E-state index in [1.807, 2.05) is 0 Å². The number of halogens is 6. The largest absolute Gasteiger partial charge is 0.459 e. The van der Waals surface area contributed by atoms with Crippen LogP contribution in [0.5, 0.6) is 0 Å². The molecule has 0 amide bonds. The molecule has 1 heterocycles. The number of rotatable bonds is 3. The monoisotopic (exact) mass is 263 g/mol. The van der Waals surface area contributed by atoms with Gasteiger partial charge in [0.25, 0.3) is 0 Å². The van der Waals surface area contributed by atoms with Gasteiger partial charge in [0.2, 0.25) is 0 Å². The highest BCUT2D eigenvalue weighted by Gasteiger charge is 2.62. The lowest BCUT2D eigenvalue weighted by Gasteiger charge is -2.17. The molecule has 0 saturated carbocycles. The summed E-state index contributed by atoms with van der Waals surface area (Å²) in [5.41, 5.74) is -1.56. The maximum atomic E-state index is 12.9. The van der Waals surface area contributed by atoms with Crippen LogP contribution in [0.1, 0.15) is 19.0 Å². The van der Waals surface area contributed by atoms with E-state index in [0.717, 1.165) is 4.68 Å². The molecule has 0 saturated heterocycles. The van der Waals surface area contributed by atoms with E-state index in [4.69, 9.17) is 11.6 Å². The van der Waals surface area contributed by atoms with Crippen molar-refractivity contribution in [3.63, 3.8) is 0 Å². The van der Waals surface area contributed by atoms with E-state index in [1.165, 1.54) is 0 Å². The van der Waals surface area contributed by atoms with Crippen LogP contribution >= 0.6 is 11.6 Å². The molecule has 0 N–H and O–H groups in total. The predicted molar refractivity (Wildman–Crippen MR) is 45.3 cm³/mol. The van der Waals surface area contributed by atoms with E-state index in [-0.39, 0.29) is 6.54 Å². The maximum Gasteiger partial charge on any atom is 0.459 e. The Balaban J connectivity index is 3.14. The molecule has 1 rings (SSSR count). The zero-order valence-corrected chi connectivity index (χ0v) is 8.78. The van der Waals surface area contributed by atoms with Gasteiger partial charge in [-0.3, -0.25) is 0 Å². The fourth-order valence-corrected chi connectivity index (χ4v) is 1.26. The number of nitrogens with zero attached hydrogens (tertiary/aromatic N) is 3. The molecule has 0 unspecified atom stereocenters. The van der Waals surface area contributed by atoms with E-state index in [1.54, 1.807) is 6.92 Å². The van der Waals surface area contributed by atoms with Gasteiger partial charge >= 0.3 is 12.1 Å². The van der Waals surface area contributed by atoms with Gasteiger partial charge in [0.1, 0.15) is 0 Å². The minimum Gasteiger partial charge on any atom is -0.233 e. The van der Waals surface area contributed by atoms with E-state index in [0.29, 0.717) is 6.42 Å². The van der Waals surface area contributed by atoms with Crippen molar-refractivity contribution in [1.82, 2.24) is 15.0 Å². The number of hydrogen-bond donors (Lipinski definition) is 0. The van der Waals surface area contributed by atoms with Crippen LogP contribution in [0.2, 0.25) is 5.15 Å². The Kier molecular flexibility index (Phi) is 3.41. The zero-order chi connectivity index (χ0) is 12.6. The van der Waals surface area contributed by atoms with Gasteiger partial charge in [-0.1, -0.05) is 23.7 Å². The van der Waals surface area contributed by atoms with E-state index in [9.17, 15) is 22.0 Å². The molecule has 1 aromatic rings. The molecular weight excluding hydrogens is 257 g/mol. The van der Waals surface area contributed by atoms with Gasteiger partial charge in [-0.15, -0.1) is 5.10 Å². The van der Waals surface area contributed by atoms with Crippen LogP contribution in [0.25, 0.3) is 0 Å². The van der Waals surface area contributed by atoms with Gasteiger partial charge in [0, 0.05) is 6.54 Å². The molecule has 0 aliphatic rings. The number of hydrogen-bond acceptors (Lipinski definition) is 2. The van der Waals surface area contributed by atoms with E-state index < -0.39 is 22.9 Å². The minimum atomic E-state index is -5.73. The summed E-state index contributed by atoms with van der Waals surface area (Å²) < 4.78 is 62.5. The summed E-state index contributed by atoms with van der Waals surface area (Å²) in [6.45, 7) is 1.82. The summed E-state index contributed by atoms with van der Waals surface area (Å²) in [7, 11) is 0. The van der Waals surface area contributed by atoms with Crippen molar-refractivity contribution in [3.05, 3.63) is 10.8 Å². The first-order valence-corrected chi connectivity index (χ1v) is 4.63. The third kappa shape index (κ3) is 2.11. The van der Waals surface area contributed by atoms with Gasteiger partial charge in [-0.25, -0.2) is 4.68 Å². The van der Waals surface area contributed by atoms with Gasteiger partial charge < -0.3 is 0 Å². The van der Waals surface area contributed by atoms with Gasteiger partial charge in [0.05, 0.1) is 0 Å². The summed E-state index contributed by atoms with van der Waals surface area (Å²) in [6, 6.07) is 0. The van der Waals surface area contributed by atoms with Crippen LogP contribution in [-0.2, 0) is 12.5 Å². The van der Waals surface area contributed by atoms with Crippen molar-refractivity contribution in [3.8, 4) is 0 Å². The predicted octanol–water partition coefficient (Wildman–Crippen LogP) is 3.00. The summed E-state index contributed by atoms with van der Waals surface area (Å²) in [4.78, 5) is 0. The molecule has 0 bridgehead atoms. The molecule has 0 aliphatic carbocycles. The lowest BCUT2D eigenvalue weighted by atomic mass is 10.2. The molecule has 0 spiro atoms. The van der Waals surface area contributed by atoms with Crippen molar-refractivity contribution in [2.45, 2.75) is 32.0 Å². The Morgan fingerprint density at radius 2 is 1.81 bits per heavy atom. The fraction of sp³-hybridized carbons (Fsp3) is 0.714. The van der Waals surface area contributed by atoms with Gasteiger partial charge in [0.15, 0.2) is 10.8 Å². The fourth-order valence-electron chi connectivity index (χ4n) is 0.983. The van der Waals surface area contributed by atoms with E-state index in [2.05, 4.69) is 10.3 Å². The summed E-state index contributed by atoms with van der Waals surface area (Å²) in [6.07, 6.45) is -5.25. The Morgan fingerprint density at radius 3 is 2.25 bits per heavy atom. The summed E-state index contributed by atoms with van der Waals surface area (Å²) >= 11 is 5.35. The topological polar surface area (TPSA) is 30.7 Å². The molecule has 9 heteroatoms. The van der Waals surface area contributed by atoms with Crippen molar-refractivity contribution >= 4 is 11.6 Å². The van der Waals surface area contributed by atoms with Crippen LogP contribution < -0.4 is 0 Å². The maximum absolute atomic E-state index is 12.9. The number of aryl methyl sites for hydroxylation is 1. The zero-order valence-electron chi connectivity index (χ0n) is 8.02. The standard InChI is InChI=1S/C7H7ClF5N3/c1-2-3-16-5(8)4(14-15-16)6(9,10)7(11,12)13/h2-3H2,1H3. The Morgan fingerprint density at radius 1 is 1.25 bits per heavy atom. The molecule has 0 atom stereocenters. The lowest BCUT2D eigenvalue weighted by Crippen LogP contribution is -2.34. The second kappa shape index (κ2) is 4.15. The molecule has 16 heavy (non-hydrogen) atoms. The Hall–Kier alpha value is -0.920.